The standard InChI is InChI=1S/C26H24N2O4S/c29-18-24(15-19-7-2-1-3-8-19)27-26(30)22-11-6-12-25(17-22)33(31,32)28-23-14-13-20-9-4-5-10-21(20)16-23/h1-14,16-17,24,28-29H,15,18H2,(H,27,30)/t24-/m0/s1. The van der Waals surface area contributed by atoms with Crippen LogP contribution in [-0.2, 0) is 16.4 Å². The molecule has 0 aliphatic heterocycles. The predicted octanol–water partition coefficient (Wildman–Crippen LogP) is 3.97. The van der Waals surface area contributed by atoms with Crippen LogP contribution in [0.3, 0.4) is 0 Å². The highest BCUT2D eigenvalue weighted by molar-refractivity contribution is 7.92. The summed E-state index contributed by atoms with van der Waals surface area (Å²) < 4.78 is 28.5. The van der Waals surface area contributed by atoms with Crippen molar-refractivity contribution < 1.29 is 18.3 Å². The van der Waals surface area contributed by atoms with Gasteiger partial charge in [-0.15, -0.1) is 0 Å². The molecule has 0 fully saturated rings. The Kier molecular flexibility index (Phi) is 6.72. The first-order valence-electron chi connectivity index (χ1n) is 10.5. The van der Waals surface area contributed by atoms with E-state index in [1.165, 1.54) is 18.2 Å². The molecule has 4 aromatic rings. The Morgan fingerprint density at radius 3 is 2.30 bits per heavy atom. The summed E-state index contributed by atoms with van der Waals surface area (Å²) in [7, 11) is -3.90. The lowest BCUT2D eigenvalue weighted by Crippen LogP contribution is -2.39. The number of hydrogen-bond acceptors (Lipinski definition) is 4. The fourth-order valence-corrected chi connectivity index (χ4v) is 4.69. The van der Waals surface area contributed by atoms with Gasteiger partial charge in [-0.2, -0.15) is 0 Å². The van der Waals surface area contributed by atoms with Crippen molar-refractivity contribution in [1.82, 2.24) is 5.32 Å². The van der Waals surface area contributed by atoms with E-state index in [4.69, 9.17) is 0 Å². The summed E-state index contributed by atoms with van der Waals surface area (Å²) in [6.07, 6.45) is 0.463. The minimum Gasteiger partial charge on any atom is -0.394 e. The lowest BCUT2D eigenvalue weighted by atomic mass is 10.1. The van der Waals surface area contributed by atoms with Crippen LogP contribution in [0.4, 0.5) is 5.69 Å². The molecule has 6 nitrogen and oxygen atoms in total. The zero-order valence-corrected chi connectivity index (χ0v) is 18.6. The van der Waals surface area contributed by atoms with Gasteiger partial charge in [-0.25, -0.2) is 8.42 Å². The molecule has 0 radical (unpaired) electrons. The molecular weight excluding hydrogens is 436 g/mol. The van der Waals surface area contributed by atoms with Crippen molar-refractivity contribution in [2.45, 2.75) is 17.4 Å². The van der Waals surface area contributed by atoms with Crippen LogP contribution in [0.25, 0.3) is 10.8 Å². The van der Waals surface area contributed by atoms with E-state index in [1.54, 1.807) is 18.2 Å². The van der Waals surface area contributed by atoms with Crippen LogP contribution >= 0.6 is 0 Å². The lowest BCUT2D eigenvalue weighted by Gasteiger charge is -2.17. The van der Waals surface area contributed by atoms with Gasteiger partial charge in [0.2, 0.25) is 0 Å². The molecule has 4 aromatic carbocycles. The molecule has 0 aliphatic carbocycles. The van der Waals surface area contributed by atoms with Crippen LogP contribution in [0, 0.1) is 0 Å². The second-order valence-corrected chi connectivity index (χ2v) is 9.42. The largest absolute Gasteiger partial charge is 0.394 e. The maximum atomic E-state index is 12.9. The third kappa shape index (κ3) is 5.58. The minimum absolute atomic E-state index is 0.0214. The smallest absolute Gasteiger partial charge is 0.261 e. The van der Waals surface area contributed by atoms with Gasteiger partial charge in [-0.1, -0.05) is 66.7 Å². The molecule has 3 N–H and O–H groups in total. The van der Waals surface area contributed by atoms with Crippen molar-refractivity contribution in [3.8, 4) is 0 Å². The highest BCUT2D eigenvalue weighted by Crippen LogP contribution is 2.22. The van der Waals surface area contributed by atoms with Crippen LogP contribution in [0.15, 0.2) is 102 Å². The number of sulfonamides is 1. The number of amides is 1. The van der Waals surface area contributed by atoms with Crippen molar-refractivity contribution in [1.29, 1.82) is 0 Å². The van der Waals surface area contributed by atoms with Crippen molar-refractivity contribution in [3.05, 3.63) is 108 Å². The molecule has 4 rings (SSSR count). The van der Waals surface area contributed by atoms with E-state index in [1.807, 2.05) is 60.7 Å². The van der Waals surface area contributed by atoms with Crippen LogP contribution in [0.5, 0.6) is 0 Å². The number of benzene rings is 4. The van der Waals surface area contributed by atoms with E-state index in [0.29, 0.717) is 12.1 Å². The van der Waals surface area contributed by atoms with Crippen molar-refractivity contribution in [3.63, 3.8) is 0 Å². The SMILES string of the molecule is O=C(N[C@H](CO)Cc1ccccc1)c1cccc(S(=O)(=O)Nc2ccc3ccccc3c2)c1. The van der Waals surface area contributed by atoms with E-state index in [-0.39, 0.29) is 17.1 Å². The van der Waals surface area contributed by atoms with Gasteiger partial charge in [-0.3, -0.25) is 9.52 Å². The van der Waals surface area contributed by atoms with Crippen molar-refractivity contribution >= 4 is 32.4 Å². The topological polar surface area (TPSA) is 95.5 Å². The molecule has 0 heterocycles. The second kappa shape index (κ2) is 9.85. The zero-order valence-electron chi connectivity index (χ0n) is 17.8. The Labute approximate surface area is 193 Å². The number of aliphatic hydroxyl groups is 1. The summed E-state index contributed by atoms with van der Waals surface area (Å²) in [5.74, 6) is -0.451. The number of carbonyl (C=O) groups is 1. The van der Waals surface area contributed by atoms with Gasteiger partial charge in [0.15, 0.2) is 0 Å². The van der Waals surface area contributed by atoms with E-state index in [2.05, 4.69) is 10.0 Å². The summed E-state index contributed by atoms with van der Waals surface area (Å²) in [6.45, 7) is -0.234. The van der Waals surface area contributed by atoms with Crippen molar-refractivity contribution in [2.75, 3.05) is 11.3 Å². The van der Waals surface area contributed by atoms with E-state index < -0.39 is 22.0 Å². The Balaban J connectivity index is 1.50. The molecule has 0 unspecified atom stereocenters. The number of nitrogens with one attached hydrogen (secondary N) is 2. The number of carbonyl (C=O) groups excluding carboxylic acids is 1. The van der Waals surface area contributed by atoms with Crippen LogP contribution < -0.4 is 10.0 Å². The first-order chi connectivity index (χ1) is 15.9. The predicted molar refractivity (Wildman–Crippen MR) is 130 cm³/mol. The number of hydrogen-bond donors (Lipinski definition) is 3. The summed E-state index contributed by atoms with van der Waals surface area (Å²) >= 11 is 0. The summed E-state index contributed by atoms with van der Waals surface area (Å²) in [5, 5.41) is 14.4. The fraction of sp³-hybridized carbons (Fsp3) is 0.115. The molecule has 0 spiro atoms. The maximum Gasteiger partial charge on any atom is 0.261 e. The van der Waals surface area contributed by atoms with Crippen LogP contribution in [0.1, 0.15) is 15.9 Å². The third-order valence-electron chi connectivity index (χ3n) is 5.29. The maximum absolute atomic E-state index is 12.9. The molecule has 0 saturated carbocycles. The highest BCUT2D eigenvalue weighted by Gasteiger charge is 2.19. The highest BCUT2D eigenvalue weighted by atomic mass is 32.2. The molecule has 0 saturated heterocycles. The summed E-state index contributed by atoms with van der Waals surface area (Å²) in [6, 6.07) is 27.8. The third-order valence-corrected chi connectivity index (χ3v) is 6.67. The molecule has 1 amide bonds. The van der Waals surface area contributed by atoms with Gasteiger partial charge < -0.3 is 10.4 Å². The zero-order chi connectivity index (χ0) is 23.3. The molecule has 0 bridgehead atoms. The molecule has 1 atom stereocenters. The van der Waals surface area contributed by atoms with E-state index in [0.717, 1.165) is 16.3 Å². The number of aliphatic hydroxyl groups excluding tert-OH is 1. The van der Waals surface area contributed by atoms with Crippen LogP contribution in [0.2, 0.25) is 0 Å². The first kappa shape index (κ1) is 22.5. The number of rotatable bonds is 8. The molecule has 7 heteroatoms. The van der Waals surface area contributed by atoms with Crippen molar-refractivity contribution in [2.24, 2.45) is 0 Å². The summed E-state index contributed by atoms with van der Waals surface area (Å²) in [5.41, 5.74) is 1.61. The Hall–Kier alpha value is -3.68. The monoisotopic (exact) mass is 460 g/mol. The fourth-order valence-electron chi connectivity index (χ4n) is 3.60. The molecule has 0 aromatic heterocycles. The normalized spacial score (nSPS) is 12.3. The van der Waals surface area contributed by atoms with Crippen LogP contribution in [-0.4, -0.2) is 32.1 Å². The number of fused-ring (bicyclic) bond motifs is 1. The van der Waals surface area contributed by atoms with Gasteiger partial charge in [-0.05, 0) is 53.1 Å². The molecule has 33 heavy (non-hydrogen) atoms. The van der Waals surface area contributed by atoms with E-state index >= 15 is 0 Å². The molecule has 0 aliphatic rings. The molecular formula is C26H24N2O4S. The summed E-state index contributed by atoms with van der Waals surface area (Å²) in [4.78, 5) is 12.7. The minimum atomic E-state index is -3.90. The van der Waals surface area contributed by atoms with Gasteiger partial charge in [0.05, 0.1) is 17.5 Å². The average molecular weight is 461 g/mol. The van der Waals surface area contributed by atoms with Gasteiger partial charge in [0, 0.05) is 11.3 Å². The lowest BCUT2D eigenvalue weighted by molar-refractivity contribution is 0.0916. The van der Waals surface area contributed by atoms with E-state index in [9.17, 15) is 18.3 Å². The Morgan fingerprint density at radius 2 is 1.55 bits per heavy atom. The number of anilines is 1. The first-order valence-corrected chi connectivity index (χ1v) is 12.0. The Morgan fingerprint density at radius 1 is 0.818 bits per heavy atom. The quantitative estimate of drug-likeness (QED) is 0.371. The average Bonchev–Trinajstić information content (AvgIpc) is 2.84. The van der Waals surface area contributed by atoms with Gasteiger partial charge in [0.25, 0.3) is 15.9 Å². The second-order valence-electron chi connectivity index (χ2n) is 7.74. The van der Waals surface area contributed by atoms with Gasteiger partial charge in [0.1, 0.15) is 0 Å². The van der Waals surface area contributed by atoms with Gasteiger partial charge >= 0.3 is 0 Å². The molecule has 168 valence electrons. The Bertz CT molecular complexity index is 1370.